The average Bonchev–Trinajstić information content (AvgIpc) is 2.91. The van der Waals surface area contributed by atoms with E-state index in [2.05, 4.69) is 17.0 Å². The molecular formula is C13H19NO3. The van der Waals surface area contributed by atoms with E-state index in [4.69, 9.17) is 4.42 Å². The van der Waals surface area contributed by atoms with Crippen molar-refractivity contribution in [1.82, 2.24) is 5.32 Å². The lowest BCUT2D eigenvalue weighted by Gasteiger charge is -2.01. The molecule has 0 amide bonds. The maximum Gasteiger partial charge on any atom is 0.373 e. The van der Waals surface area contributed by atoms with Crippen molar-refractivity contribution in [2.45, 2.75) is 38.8 Å². The fraction of sp³-hybridized carbons (Fsp3) is 0.615. The number of ether oxygens (including phenoxy) is 1. The lowest BCUT2D eigenvalue weighted by atomic mass is 10.2. The van der Waals surface area contributed by atoms with Crippen LogP contribution in [0.2, 0.25) is 0 Å². The van der Waals surface area contributed by atoms with Gasteiger partial charge in [0.2, 0.25) is 5.76 Å². The van der Waals surface area contributed by atoms with Gasteiger partial charge >= 0.3 is 5.97 Å². The monoisotopic (exact) mass is 237 g/mol. The highest BCUT2D eigenvalue weighted by Gasteiger charge is 2.35. The van der Waals surface area contributed by atoms with E-state index in [0.717, 1.165) is 11.7 Å². The predicted octanol–water partition coefficient (Wildman–Crippen LogP) is 2.34. The van der Waals surface area contributed by atoms with Crippen LogP contribution in [0, 0.1) is 5.92 Å². The smallest absolute Gasteiger partial charge is 0.373 e. The van der Waals surface area contributed by atoms with Gasteiger partial charge in [-0.25, -0.2) is 4.79 Å². The minimum atomic E-state index is -0.425. The molecule has 0 saturated heterocycles. The molecule has 4 heteroatoms. The summed E-state index contributed by atoms with van der Waals surface area (Å²) in [6.07, 6.45) is 3.80. The fourth-order valence-electron chi connectivity index (χ4n) is 2.10. The van der Waals surface area contributed by atoms with Crippen LogP contribution in [0.5, 0.6) is 0 Å². The van der Waals surface area contributed by atoms with Gasteiger partial charge in [-0.1, -0.05) is 13.3 Å². The number of carbonyl (C=O) groups is 1. The molecule has 1 aromatic rings. The van der Waals surface area contributed by atoms with Crippen molar-refractivity contribution in [3.05, 3.63) is 23.7 Å². The molecule has 1 N–H and O–H groups in total. The molecule has 0 bridgehead atoms. The summed E-state index contributed by atoms with van der Waals surface area (Å²) < 4.78 is 9.96. The van der Waals surface area contributed by atoms with Crippen molar-refractivity contribution in [3.8, 4) is 0 Å². The summed E-state index contributed by atoms with van der Waals surface area (Å²) in [4.78, 5) is 11.2. The maximum atomic E-state index is 11.2. The second kappa shape index (κ2) is 5.36. The molecule has 4 nitrogen and oxygen atoms in total. The number of nitrogens with one attached hydrogen (secondary N) is 1. The van der Waals surface area contributed by atoms with Crippen molar-refractivity contribution in [1.29, 1.82) is 0 Å². The number of carbonyl (C=O) groups excluding carboxylic acids is 1. The molecule has 2 rings (SSSR count). The molecule has 1 aliphatic rings. The Balaban J connectivity index is 1.76. The van der Waals surface area contributed by atoms with Gasteiger partial charge in [0.15, 0.2) is 0 Å². The molecule has 0 aromatic carbocycles. The summed E-state index contributed by atoms with van der Waals surface area (Å²) in [6, 6.07) is 4.09. The lowest BCUT2D eigenvalue weighted by molar-refractivity contribution is 0.0563. The van der Waals surface area contributed by atoms with Gasteiger partial charge in [0, 0.05) is 6.04 Å². The van der Waals surface area contributed by atoms with Crippen molar-refractivity contribution >= 4 is 5.97 Å². The van der Waals surface area contributed by atoms with E-state index in [9.17, 15) is 4.79 Å². The van der Waals surface area contributed by atoms with Crippen LogP contribution in [0.4, 0.5) is 0 Å². The summed E-state index contributed by atoms with van der Waals surface area (Å²) in [5, 5.41) is 3.43. The first-order valence-corrected chi connectivity index (χ1v) is 6.15. The van der Waals surface area contributed by atoms with Gasteiger partial charge < -0.3 is 14.5 Å². The van der Waals surface area contributed by atoms with E-state index in [1.165, 1.54) is 26.4 Å². The van der Waals surface area contributed by atoms with E-state index in [0.29, 0.717) is 12.6 Å². The summed E-state index contributed by atoms with van der Waals surface area (Å²) >= 11 is 0. The Labute approximate surface area is 101 Å². The average molecular weight is 237 g/mol. The quantitative estimate of drug-likeness (QED) is 0.772. The van der Waals surface area contributed by atoms with Crippen LogP contribution in [0.15, 0.2) is 16.5 Å². The summed E-state index contributed by atoms with van der Waals surface area (Å²) in [6.45, 7) is 2.90. The fourth-order valence-corrected chi connectivity index (χ4v) is 2.10. The first kappa shape index (κ1) is 12.2. The third-order valence-electron chi connectivity index (χ3n) is 3.17. The van der Waals surface area contributed by atoms with E-state index in [1.54, 1.807) is 6.07 Å². The molecule has 0 spiro atoms. The normalized spacial score (nSPS) is 22.5. The number of esters is 1. The van der Waals surface area contributed by atoms with Crippen LogP contribution in [0.3, 0.4) is 0 Å². The van der Waals surface area contributed by atoms with Gasteiger partial charge in [-0.05, 0) is 30.9 Å². The minimum Gasteiger partial charge on any atom is -0.463 e. The highest BCUT2D eigenvalue weighted by molar-refractivity contribution is 5.86. The maximum absolute atomic E-state index is 11.2. The molecule has 1 fully saturated rings. The van der Waals surface area contributed by atoms with Gasteiger partial charge in [0.1, 0.15) is 5.76 Å². The Morgan fingerprint density at radius 1 is 1.59 bits per heavy atom. The van der Waals surface area contributed by atoms with Gasteiger partial charge in [-0.2, -0.15) is 0 Å². The molecule has 1 aliphatic carbocycles. The zero-order valence-electron chi connectivity index (χ0n) is 10.4. The van der Waals surface area contributed by atoms with Crippen LogP contribution in [0.25, 0.3) is 0 Å². The Kier molecular flexibility index (Phi) is 3.84. The van der Waals surface area contributed by atoms with Crippen molar-refractivity contribution in [3.63, 3.8) is 0 Å². The molecular weight excluding hydrogens is 218 g/mol. The second-order valence-corrected chi connectivity index (χ2v) is 4.53. The van der Waals surface area contributed by atoms with E-state index in [-0.39, 0.29) is 5.76 Å². The molecule has 1 heterocycles. The summed E-state index contributed by atoms with van der Waals surface area (Å²) in [5.74, 6) is 1.46. The van der Waals surface area contributed by atoms with Crippen LogP contribution < -0.4 is 5.32 Å². The second-order valence-electron chi connectivity index (χ2n) is 4.53. The Hall–Kier alpha value is -1.29. The number of methoxy groups -OCH3 is 1. The zero-order valence-corrected chi connectivity index (χ0v) is 10.4. The number of hydrogen-bond acceptors (Lipinski definition) is 4. The van der Waals surface area contributed by atoms with E-state index < -0.39 is 5.97 Å². The zero-order chi connectivity index (χ0) is 12.3. The SMILES string of the molecule is CCCC1CC1NCc1ccc(C(=O)OC)o1. The molecule has 1 aromatic heterocycles. The summed E-state index contributed by atoms with van der Waals surface area (Å²) in [5.41, 5.74) is 0. The molecule has 1 saturated carbocycles. The first-order valence-electron chi connectivity index (χ1n) is 6.15. The third-order valence-corrected chi connectivity index (χ3v) is 3.17. The Morgan fingerprint density at radius 3 is 3.12 bits per heavy atom. The van der Waals surface area contributed by atoms with Crippen LogP contribution >= 0.6 is 0 Å². The molecule has 0 aliphatic heterocycles. The van der Waals surface area contributed by atoms with Crippen LogP contribution in [-0.4, -0.2) is 19.1 Å². The molecule has 94 valence electrons. The number of rotatable bonds is 6. The van der Waals surface area contributed by atoms with Crippen LogP contribution in [0.1, 0.15) is 42.5 Å². The minimum absolute atomic E-state index is 0.269. The number of hydrogen-bond donors (Lipinski definition) is 1. The Morgan fingerprint density at radius 2 is 2.41 bits per heavy atom. The Bertz CT molecular complexity index is 386. The molecule has 17 heavy (non-hydrogen) atoms. The highest BCUT2D eigenvalue weighted by atomic mass is 16.5. The van der Waals surface area contributed by atoms with Gasteiger partial charge in [0.25, 0.3) is 0 Å². The van der Waals surface area contributed by atoms with Gasteiger partial charge in [0.05, 0.1) is 13.7 Å². The standard InChI is InChI=1S/C13H19NO3/c1-3-4-9-7-11(9)14-8-10-5-6-12(17-10)13(15)16-2/h5-6,9,11,14H,3-4,7-8H2,1-2H3. The van der Waals surface area contributed by atoms with E-state index >= 15 is 0 Å². The third kappa shape index (κ3) is 3.09. The topological polar surface area (TPSA) is 51.5 Å². The highest BCUT2D eigenvalue weighted by Crippen LogP contribution is 2.34. The first-order chi connectivity index (χ1) is 8.24. The largest absolute Gasteiger partial charge is 0.463 e. The number of furan rings is 1. The van der Waals surface area contributed by atoms with Gasteiger partial charge in [-0.15, -0.1) is 0 Å². The summed E-state index contributed by atoms with van der Waals surface area (Å²) in [7, 11) is 1.35. The molecule has 2 unspecified atom stereocenters. The van der Waals surface area contributed by atoms with Crippen molar-refractivity contribution in [2.75, 3.05) is 7.11 Å². The van der Waals surface area contributed by atoms with Crippen molar-refractivity contribution in [2.24, 2.45) is 5.92 Å². The lowest BCUT2D eigenvalue weighted by Crippen LogP contribution is -2.17. The predicted molar refractivity (Wildman–Crippen MR) is 63.7 cm³/mol. The molecule has 2 atom stereocenters. The van der Waals surface area contributed by atoms with E-state index in [1.807, 2.05) is 6.07 Å². The van der Waals surface area contributed by atoms with Crippen LogP contribution in [-0.2, 0) is 11.3 Å². The van der Waals surface area contributed by atoms with Crippen molar-refractivity contribution < 1.29 is 13.9 Å². The molecule has 0 radical (unpaired) electrons. The van der Waals surface area contributed by atoms with Gasteiger partial charge in [-0.3, -0.25) is 0 Å².